The number of hydrogen-bond donors (Lipinski definition) is 1. The Morgan fingerprint density at radius 1 is 1.07 bits per heavy atom. The number of anilines is 1. The molecule has 2 heterocycles. The first-order valence-electron chi connectivity index (χ1n) is 7.10. The number of carbonyl (C=O) groups is 1. The number of hydrogen-bond acceptors (Lipinski definition) is 10. The van der Waals surface area contributed by atoms with Gasteiger partial charge in [0.15, 0.2) is 0 Å². The van der Waals surface area contributed by atoms with Crippen molar-refractivity contribution >= 4 is 55.7 Å². The van der Waals surface area contributed by atoms with Crippen molar-refractivity contribution in [2.75, 3.05) is 5.32 Å². The van der Waals surface area contributed by atoms with Gasteiger partial charge in [-0.05, 0) is 12.1 Å². The second kappa shape index (κ2) is 7.76. The fraction of sp³-hybridized carbons (Fsp3) is 0. The van der Waals surface area contributed by atoms with Gasteiger partial charge in [0.2, 0.25) is 10.3 Å². The normalized spacial score (nSPS) is 10.8. The van der Waals surface area contributed by atoms with Gasteiger partial charge < -0.3 is 0 Å². The van der Waals surface area contributed by atoms with Crippen molar-refractivity contribution in [3.63, 3.8) is 0 Å². The average molecular weight is 404 g/mol. The molecule has 0 radical (unpaired) electrons. The first-order valence-corrected chi connectivity index (χ1v) is 8.74. The molecule has 0 spiro atoms. The summed E-state index contributed by atoms with van der Waals surface area (Å²) in [5, 5.41) is 31.9. The molecule has 1 amide bonds. The van der Waals surface area contributed by atoms with E-state index in [2.05, 4.69) is 20.5 Å². The number of nitrogens with one attached hydrogen (secondary N) is 1. The Hall–Kier alpha value is -3.58. The van der Waals surface area contributed by atoms with E-state index in [1.807, 2.05) is 0 Å². The molecule has 0 fully saturated rings. The van der Waals surface area contributed by atoms with Gasteiger partial charge in [0, 0.05) is 18.3 Å². The topological polar surface area (TPSA) is 154 Å². The van der Waals surface area contributed by atoms with Crippen molar-refractivity contribution in [2.45, 2.75) is 0 Å². The summed E-state index contributed by atoms with van der Waals surface area (Å²) in [6.07, 6.45) is 1.39. The highest BCUT2D eigenvalue weighted by atomic mass is 32.1. The SMILES string of the molecule is O=C(Nc1nnc(/N=C/c2ccc([N+](=O)[O-])s2)s1)c1ccccc1[N+](=O)[O-]. The van der Waals surface area contributed by atoms with Crippen molar-refractivity contribution in [3.8, 4) is 0 Å². The molecule has 136 valence electrons. The van der Waals surface area contributed by atoms with Crippen molar-refractivity contribution in [2.24, 2.45) is 4.99 Å². The molecule has 0 bridgehead atoms. The molecule has 0 aliphatic heterocycles. The number of rotatable bonds is 6. The van der Waals surface area contributed by atoms with E-state index in [1.165, 1.54) is 36.5 Å². The van der Waals surface area contributed by atoms with Crippen molar-refractivity contribution < 1.29 is 14.6 Å². The minimum Gasteiger partial charge on any atom is -0.296 e. The first kappa shape index (κ1) is 18.2. The number of benzene rings is 1. The number of carbonyl (C=O) groups excluding carboxylic acids is 1. The summed E-state index contributed by atoms with van der Waals surface area (Å²) in [4.78, 5) is 37.3. The average Bonchev–Trinajstić information content (AvgIpc) is 3.29. The maximum absolute atomic E-state index is 12.2. The van der Waals surface area contributed by atoms with Crippen LogP contribution >= 0.6 is 22.7 Å². The number of nitro benzene ring substituents is 1. The number of aromatic nitrogens is 2. The quantitative estimate of drug-likeness (QED) is 0.375. The summed E-state index contributed by atoms with van der Waals surface area (Å²) in [6, 6.07) is 8.44. The fourth-order valence-corrected chi connectivity index (χ4v) is 3.22. The van der Waals surface area contributed by atoms with Crippen LogP contribution < -0.4 is 5.32 Å². The third kappa shape index (κ3) is 4.34. The lowest BCUT2D eigenvalue weighted by molar-refractivity contribution is -0.385. The highest BCUT2D eigenvalue weighted by Gasteiger charge is 2.20. The molecule has 27 heavy (non-hydrogen) atoms. The van der Waals surface area contributed by atoms with Crippen LogP contribution in [-0.2, 0) is 0 Å². The molecule has 1 aromatic carbocycles. The molecule has 0 saturated carbocycles. The lowest BCUT2D eigenvalue weighted by Crippen LogP contribution is -2.13. The van der Waals surface area contributed by atoms with Crippen LogP contribution in [0.5, 0.6) is 0 Å². The zero-order valence-corrected chi connectivity index (χ0v) is 14.8. The van der Waals surface area contributed by atoms with Crippen LogP contribution in [0, 0.1) is 20.2 Å². The summed E-state index contributed by atoms with van der Waals surface area (Å²) in [5.74, 6) is -0.692. The third-order valence-corrected chi connectivity index (χ3v) is 4.79. The highest BCUT2D eigenvalue weighted by Crippen LogP contribution is 2.26. The Balaban J connectivity index is 1.71. The van der Waals surface area contributed by atoms with Gasteiger partial charge >= 0.3 is 5.00 Å². The van der Waals surface area contributed by atoms with Crippen LogP contribution in [0.25, 0.3) is 0 Å². The van der Waals surface area contributed by atoms with E-state index in [4.69, 9.17) is 0 Å². The molecule has 3 rings (SSSR count). The lowest BCUT2D eigenvalue weighted by Gasteiger charge is -2.01. The summed E-state index contributed by atoms with van der Waals surface area (Å²) in [7, 11) is 0. The molecular formula is C14H8N6O5S2. The van der Waals surface area contributed by atoms with Crippen LogP contribution in [0.15, 0.2) is 41.4 Å². The molecule has 0 aliphatic rings. The summed E-state index contributed by atoms with van der Waals surface area (Å²) < 4.78 is 0. The van der Waals surface area contributed by atoms with Gasteiger partial charge in [-0.3, -0.25) is 30.3 Å². The van der Waals surface area contributed by atoms with Crippen LogP contribution in [0.4, 0.5) is 21.0 Å². The second-order valence-electron chi connectivity index (χ2n) is 4.81. The number of thiophene rings is 1. The van der Waals surface area contributed by atoms with E-state index in [0.717, 1.165) is 22.7 Å². The molecule has 0 atom stereocenters. The Labute approximate surface area is 158 Å². The van der Waals surface area contributed by atoms with Crippen LogP contribution in [-0.4, -0.2) is 32.2 Å². The predicted molar refractivity (Wildman–Crippen MR) is 99.2 cm³/mol. The van der Waals surface area contributed by atoms with Gasteiger partial charge in [0.25, 0.3) is 11.6 Å². The lowest BCUT2D eigenvalue weighted by atomic mass is 10.1. The zero-order valence-electron chi connectivity index (χ0n) is 13.1. The van der Waals surface area contributed by atoms with E-state index in [-0.39, 0.29) is 26.5 Å². The van der Waals surface area contributed by atoms with Gasteiger partial charge in [-0.15, -0.1) is 10.2 Å². The number of aliphatic imine (C=N–C) groups is 1. The molecule has 11 nitrogen and oxygen atoms in total. The maximum atomic E-state index is 12.2. The van der Waals surface area contributed by atoms with Gasteiger partial charge in [-0.1, -0.05) is 34.8 Å². The Morgan fingerprint density at radius 3 is 2.56 bits per heavy atom. The smallest absolute Gasteiger partial charge is 0.296 e. The maximum Gasteiger partial charge on any atom is 0.324 e. The van der Waals surface area contributed by atoms with Crippen molar-refractivity contribution in [1.29, 1.82) is 0 Å². The molecule has 0 aliphatic carbocycles. The second-order valence-corrected chi connectivity index (χ2v) is 6.86. The number of nitrogens with zero attached hydrogens (tertiary/aromatic N) is 5. The zero-order chi connectivity index (χ0) is 19.4. The molecule has 0 saturated heterocycles. The fourth-order valence-electron chi connectivity index (χ4n) is 1.94. The number of para-hydroxylation sites is 1. The minimum absolute atomic E-state index is 0.00822. The summed E-state index contributed by atoms with van der Waals surface area (Å²) in [6.45, 7) is 0. The predicted octanol–water partition coefficient (Wildman–Crippen LogP) is 3.42. The number of amides is 1. The van der Waals surface area contributed by atoms with E-state index >= 15 is 0 Å². The van der Waals surface area contributed by atoms with Gasteiger partial charge in [-0.2, -0.15) is 0 Å². The summed E-state index contributed by atoms with van der Waals surface area (Å²) >= 11 is 1.91. The highest BCUT2D eigenvalue weighted by molar-refractivity contribution is 7.19. The number of nitro groups is 2. The molecule has 1 N–H and O–H groups in total. The minimum atomic E-state index is -0.692. The van der Waals surface area contributed by atoms with Crippen molar-refractivity contribution in [3.05, 3.63) is 67.1 Å². The Bertz CT molecular complexity index is 1060. The third-order valence-electron chi connectivity index (χ3n) is 3.07. The van der Waals surface area contributed by atoms with Crippen molar-refractivity contribution in [1.82, 2.24) is 10.2 Å². The molecule has 3 aromatic rings. The molecule has 0 unspecified atom stereocenters. The standard InChI is InChI=1S/C14H8N6O5S2/c21-12(9-3-1-2-4-10(9)19(22)23)16-14-18-17-13(27-14)15-7-8-5-6-11(26-8)20(24)25/h1-7H,(H,16,18,21)/b15-7+. The van der Waals surface area contributed by atoms with Crippen LogP contribution in [0.2, 0.25) is 0 Å². The van der Waals surface area contributed by atoms with E-state index in [0.29, 0.717) is 4.88 Å². The molecule has 13 heteroatoms. The Morgan fingerprint density at radius 2 is 1.85 bits per heavy atom. The van der Waals surface area contributed by atoms with Gasteiger partial charge in [0.05, 0.1) is 14.7 Å². The molecular weight excluding hydrogens is 396 g/mol. The molecule has 2 aromatic heterocycles. The van der Waals surface area contributed by atoms with Gasteiger partial charge in [0.1, 0.15) is 5.56 Å². The van der Waals surface area contributed by atoms with E-state index in [9.17, 15) is 25.0 Å². The largest absolute Gasteiger partial charge is 0.324 e. The first-order chi connectivity index (χ1) is 12.9. The van der Waals surface area contributed by atoms with Crippen LogP contribution in [0.3, 0.4) is 0 Å². The van der Waals surface area contributed by atoms with E-state index in [1.54, 1.807) is 6.07 Å². The summed E-state index contributed by atoms with van der Waals surface area (Å²) in [5.41, 5.74) is -0.425. The monoisotopic (exact) mass is 404 g/mol. The van der Waals surface area contributed by atoms with Gasteiger partial charge in [-0.25, -0.2) is 4.99 Å². The Kier molecular flexibility index (Phi) is 5.23. The van der Waals surface area contributed by atoms with E-state index < -0.39 is 15.8 Å². The van der Waals surface area contributed by atoms with Crippen LogP contribution in [0.1, 0.15) is 15.2 Å².